The van der Waals surface area contributed by atoms with Gasteiger partial charge in [0, 0.05) is 19.5 Å². The molecule has 6 heteroatoms. The molecule has 2 saturated heterocycles. The maximum absolute atomic E-state index is 13.3. The zero-order valence-electron chi connectivity index (χ0n) is 13.0. The highest BCUT2D eigenvalue weighted by Gasteiger charge is 2.43. The van der Waals surface area contributed by atoms with Crippen molar-refractivity contribution in [1.29, 1.82) is 0 Å². The van der Waals surface area contributed by atoms with Crippen LogP contribution in [-0.2, 0) is 11.2 Å². The number of piperidine rings is 1. The van der Waals surface area contributed by atoms with Crippen molar-refractivity contribution >= 4 is 18.3 Å². The Labute approximate surface area is 141 Å². The third-order valence-electron chi connectivity index (χ3n) is 4.61. The van der Waals surface area contributed by atoms with Crippen LogP contribution in [0.2, 0.25) is 0 Å². The van der Waals surface area contributed by atoms with Gasteiger partial charge >= 0.3 is 0 Å². The van der Waals surface area contributed by atoms with Gasteiger partial charge in [0.05, 0.1) is 12.6 Å². The van der Waals surface area contributed by atoms with E-state index < -0.39 is 12.0 Å². The highest BCUT2D eigenvalue weighted by atomic mass is 35.5. The number of hydrogen-bond donors (Lipinski definition) is 1. The fraction of sp³-hybridized carbons (Fsp3) is 0.588. The molecule has 1 amide bonds. The van der Waals surface area contributed by atoms with Crippen LogP contribution in [0, 0.1) is 5.92 Å². The van der Waals surface area contributed by atoms with E-state index in [1.807, 2.05) is 18.2 Å². The number of benzene rings is 1. The molecule has 2 aliphatic heterocycles. The summed E-state index contributed by atoms with van der Waals surface area (Å²) in [6.07, 6.45) is 2.61. The van der Waals surface area contributed by atoms with Crippen molar-refractivity contribution in [1.82, 2.24) is 10.2 Å². The Morgan fingerprint density at radius 2 is 2.04 bits per heavy atom. The number of hydrogen-bond acceptors (Lipinski definition) is 2. The van der Waals surface area contributed by atoms with Crippen LogP contribution < -0.4 is 5.32 Å². The van der Waals surface area contributed by atoms with Crippen molar-refractivity contribution in [3.63, 3.8) is 0 Å². The number of carbonyl (C=O) groups excluding carboxylic acids is 1. The second-order valence-electron chi connectivity index (χ2n) is 6.48. The lowest BCUT2D eigenvalue weighted by molar-refractivity contribution is -0.135. The van der Waals surface area contributed by atoms with Crippen LogP contribution >= 0.6 is 12.4 Å². The molecule has 128 valence electrons. The number of likely N-dealkylation sites (tertiary alicyclic amines) is 1. The van der Waals surface area contributed by atoms with E-state index in [9.17, 15) is 13.6 Å². The topological polar surface area (TPSA) is 32.3 Å². The quantitative estimate of drug-likeness (QED) is 0.914. The van der Waals surface area contributed by atoms with Crippen molar-refractivity contribution in [2.45, 2.75) is 37.6 Å². The summed E-state index contributed by atoms with van der Waals surface area (Å²) < 4.78 is 26.5. The molecular formula is C17H23ClF2N2O. The van der Waals surface area contributed by atoms with Crippen LogP contribution in [0.25, 0.3) is 0 Å². The van der Waals surface area contributed by atoms with Crippen molar-refractivity contribution in [3.05, 3.63) is 35.9 Å². The molecule has 0 aromatic heterocycles. The molecule has 0 aliphatic carbocycles. The van der Waals surface area contributed by atoms with Gasteiger partial charge in [0.25, 0.3) is 5.92 Å². The van der Waals surface area contributed by atoms with Crippen LogP contribution in [0.15, 0.2) is 30.3 Å². The summed E-state index contributed by atoms with van der Waals surface area (Å²) in [7, 11) is 0. The van der Waals surface area contributed by atoms with Gasteiger partial charge in [-0.1, -0.05) is 30.3 Å². The smallest absolute Gasteiger partial charge is 0.262 e. The summed E-state index contributed by atoms with van der Waals surface area (Å²) >= 11 is 0. The molecule has 2 fully saturated rings. The first-order valence-corrected chi connectivity index (χ1v) is 7.97. The van der Waals surface area contributed by atoms with E-state index in [2.05, 4.69) is 17.4 Å². The summed E-state index contributed by atoms with van der Waals surface area (Å²) in [5.74, 6) is -2.49. The molecule has 23 heavy (non-hydrogen) atoms. The zero-order chi connectivity index (χ0) is 15.6. The summed E-state index contributed by atoms with van der Waals surface area (Å²) in [4.78, 5) is 14.2. The van der Waals surface area contributed by atoms with Crippen LogP contribution in [-0.4, -0.2) is 42.4 Å². The van der Waals surface area contributed by atoms with Crippen molar-refractivity contribution < 1.29 is 13.6 Å². The molecule has 2 heterocycles. The van der Waals surface area contributed by atoms with Gasteiger partial charge in [-0.25, -0.2) is 8.78 Å². The Bertz CT molecular complexity index is 527. The molecule has 1 N–H and O–H groups in total. The maximum atomic E-state index is 13.3. The van der Waals surface area contributed by atoms with Crippen LogP contribution in [0.1, 0.15) is 24.8 Å². The minimum atomic E-state index is -2.75. The molecule has 0 spiro atoms. The molecule has 0 saturated carbocycles. The molecule has 0 bridgehead atoms. The lowest BCUT2D eigenvalue weighted by Crippen LogP contribution is -2.48. The van der Waals surface area contributed by atoms with E-state index in [0.717, 1.165) is 19.3 Å². The van der Waals surface area contributed by atoms with Crippen molar-refractivity contribution in [2.75, 3.05) is 19.6 Å². The molecule has 3 rings (SSSR count). The first-order valence-electron chi connectivity index (χ1n) is 7.97. The summed E-state index contributed by atoms with van der Waals surface area (Å²) in [5.41, 5.74) is 1.27. The average molecular weight is 345 g/mol. The summed E-state index contributed by atoms with van der Waals surface area (Å²) in [6, 6.07) is 9.51. The van der Waals surface area contributed by atoms with Crippen LogP contribution in [0.3, 0.4) is 0 Å². The molecule has 0 radical (unpaired) electrons. The van der Waals surface area contributed by atoms with Gasteiger partial charge in [0.15, 0.2) is 0 Å². The van der Waals surface area contributed by atoms with Gasteiger partial charge in [0.2, 0.25) is 5.91 Å². The zero-order valence-corrected chi connectivity index (χ0v) is 13.8. The molecule has 2 unspecified atom stereocenters. The molecular weight excluding hydrogens is 322 g/mol. The molecule has 3 nitrogen and oxygen atoms in total. The van der Waals surface area contributed by atoms with Crippen molar-refractivity contribution in [3.8, 4) is 0 Å². The van der Waals surface area contributed by atoms with Gasteiger partial charge in [-0.2, -0.15) is 0 Å². The number of carbonyl (C=O) groups is 1. The van der Waals surface area contributed by atoms with Crippen LogP contribution in [0.4, 0.5) is 8.78 Å². The minimum Gasteiger partial charge on any atom is -0.341 e. The Hall–Kier alpha value is -1.20. The van der Waals surface area contributed by atoms with Gasteiger partial charge < -0.3 is 4.90 Å². The Morgan fingerprint density at radius 3 is 2.70 bits per heavy atom. The SMILES string of the molecule is Cl.O=C(C1CC(F)(F)CN1)N1CCCC(Cc2ccccc2)C1. The molecule has 2 atom stereocenters. The maximum Gasteiger partial charge on any atom is 0.262 e. The first-order chi connectivity index (χ1) is 10.5. The van der Waals surface area contributed by atoms with Gasteiger partial charge in [-0.05, 0) is 30.7 Å². The molecule has 1 aromatic rings. The number of nitrogens with zero attached hydrogens (tertiary/aromatic N) is 1. The Morgan fingerprint density at radius 1 is 1.30 bits per heavy atom. The second kappa shape index (κ2) is 7.58. The largest absolute Gasteiger partial charge is 0.341 e. The number of nitrogens with one attached hydrogen (secondary N) is 1. The Balaban J connectivity index is 0.00000192. The summed E-state index contributed by atoms with van der Waals surface area (Å²) in [5, 5.41) is 2.67. The third kappa shape index (κ3) is 4.64. The normalized spacial score (nSPS) is 26.6. The fourth-order valence-electron chi connectivity index (χ4n) is 3.49. The highest BCUT2D eigenvalue weighted by molar-refractivity contribution is 5.85. The predicted octanol–water partition coefficient (Wildman–Crippen LogP) is 2.89. The standard InChI is InChI=1S/C17H22F2N2O.ClH/c18-17(19)10-15(20-12-17)16(22)21-8-4-7-14(11-21)9-13-5-2-1-3-6-13;/h1-3,5-6,14-15,20H,4,7-12H2;1H. The third-order valence-corrected chi connectivity index (χ3v) is 4.61. The van der Waals surface area contributed by atoms with E-state index in [1.165, 1.54) is 5.56 Å². The monoisotopic (exact) mass is 344 g/mol. The number of amides is 1. The number of alkyl halides is 2. The highest BCUT2D eigenvalue weighted by Crippen LogP contribution is 2.28. The van der Waals surface area contributed by atoms with Gasteiger partial charge in [0.1, 0.15) is 0 Å². The fourth-order valence-corrected chi connectivity index (χ4v) is 3.49. The van der Waals surface area contributed by atoms with Gasteiger partial charge in [-0.15, -0.1) is 12.4 Å². The van der Waals surface area contributed by atoms with Crippen molar-refractivity contribution in [2.24, 2.45) is 5.92 Å². The van der Waals surface area contributed by atoms with Crippen LogP contribution in [0.5, 0.6) is 0 Å². The predicted molar refractivity (Wildman–Crippen MR) is 88.1 cm³/mol. The van der Waals surface area contributed by atoms with E-state index >= 15 is 0 Å². The lowest BCUT2D eigenvalue weighted by atomic mass is 9.91. The van der Waals surface area contributed by atoms with E-state index in [-0.39, 0.29) is 31.3 Å². The average Bonchev–Trinajstić information content (AvgIpc) is 2.88. The first kappa shape index (κ1) is 18.1. The number of rotatable bonds is 3. The molecule has 2 aliphatic rings. The minimum absolute atomic E-state index is 0. The molecule has 1 aromatic carbocycles. The van der Waals surface area contributed by atoms with Gasteiger partial charge in [-0.3, -0.25) is 10.1 Å². The Kier molecular flexibility index (Phi) is 5.98. The number of halogens is 3. The van der Waals surface area contributed by atoms with E-state index in [1.54, 1.807) is 4.90 Å². The second-order valence-corrected chi connectivity index (χ2v) is 6.48. The van der Waals surface area contributed by atoms with E-state index in [4.69, 9.17) is 0 Å². The van der Waals surface area contributed by atoms with E-state index in [0.29, 0.717) is 19.0 Å². The lowest BCUT2D eigenvalue weighted by Gasteiger charge is -2.34. The summed E-state index contributed by atoms with van der Waals surface area (Å²) in [6.45, 7) is 0.982.